The molecular formula is C15H22N2O2. The van der Waals surface area contributed by atoms with Crippen LogP contribution >= 0.6 is 0 Å². The zero-order valence-corrected chi connectivity index (χ0v) is 11.7. The molecule has 1 aliphatic rings. The number of carboxylic acid groups (broad SMARTS) is 1. The molecule has 1 aromatic rings. The minimum Gasteiger partial charge on any atom is -0.480 e. The molecule has 0 amide bonds. The van der Waals surface area contributed by atoms with E-state index in [0.717, 1.165) is 26.2 Å². The number of rotatable bonds is 4. The third kappa shape index (κ3) is 2.73. The van der Waals surface area contributed by atoms with E-state index < -0.39 is 11.5 Å². The van der Waals surface area contributed by atoms with E-state index in [2.05, 4.69) is 21.9 Å². The second kappa shape index (κ2) is 5.61. The maximum absolute atomic E-state index is 11.4. The van der Waals surface area contributed by atoms with Crippen LogP contribution in [0.5, 0.6) is 0 Å². The van der Waals surface area contributed by atoms with Gasteiger partial charge in [0.15, 0.2) is 0 Å². The highest BCUT2D eigenvalue weighted by molar-refractivity contribution is 5.78. The van der Waals surface area contributed by atoms with E-state index in [4.69, 9.17) is 0 Å². The predicted molar refractivity (Wildman–Crippen MR) is 76.6 cm³/mol. The summed E-state index contributed by atoms with van der Waals surface area (Å²) >= 11 is 0. The van der Waals surface area contributed by atoms with Crippen LogP contribution in [0.4, 0.5) is 5.69 Å². The fraction of sp³-hybridized carbons (Fsp3) is 0.533. The van der Waals surface area contributed by atoms with Crippen LogP contribution in [-0.4, -0.2) is 47.7 Å². The molecule has 4 heteroatoms. The standard InChI is InChI=1S/C15H22N2O2/c1-3-15(2,14(18)19)17-11-9-16(10-12-17)13-7-5-4-6-8-13/h4-8H,3,9-12H2,1-2H3,(H,18,19). The van der Waals surface area contributed by atoms with Crippen LogP contribution in [0, 0.1) is 0 Å². The quantitative estimate of drug-likeness (QED) is 0.902. The molecule has 1 heterocycles. The predicted octanol–water partition coefficient (Wildman–Crippen LogP) is 2.06. The maximum atomic E-state index is 11.4. The lowest BCUT2D eigenvalue weighted by atomic mass is 9.95. The van der Waals surface area contributed by atoms with Gasteiger partial charge >= 0.3 is 5.97 Å². The molecule has 0 radical (unpaired) electrons. The molecule has 0 aromatic heterocycles. The average molecular weight is 262 g/mol. The number of aliphatic carboxylic acids is 1. The van der Waals surface area contributed by atoms with Crippen LogP contribution < -0.4 is 4.90 Å². The molecule has 0 saturated carbocycles. The molecule has 104 valence electrons. The third-order valence-corrected chi connectivity index (χ3v) is 4.25. The highest BCUT2D eigenvalue weighted by Crippen LogP contribution is 2.23. The van der Waals surface area contributed by atoms with Crippen LogP contribution in [0.25, 0.3) is 0 Å². The summed E-state index contributed by atoms with van der Waals surface area (Å²) in [4.78, 5) is 15.9. The Hall–Kier alpha value is -1.55. The average Bonchev–Trinajstić information content (AvgIpc) is 2.47. The molecule has 19 heavy (non-hydrogen) atoms. The number of hydrogen-bond donors (Lipinski definition) is 1. The SMILES string of the molecule is CCC(C)(C(=O)O)N1CCN(c2ccccc2)CC1. The fourth-order valence-corrected chi connectivity index (χ4v) is 2.61. The molecule has 1 aliphatic heterocycles. The lowest BCUT2D eigenvalue weighted by Crippen LogP contribution is -2.59. The summed E-state index contributed by atoms with van der Waals surface area (Å²) in [5.74, 6) is -0.719. The Kier molecular flexibility index (Phi) is 4.10. The van der Waals surface area contributed by atoms with E-state index >= 15 is 0 Å². The third-order valence-electron chi connectivity index (χ3n) is 4.25. The first kappa shape index (κ1) is 13.9. The van der Waals surface area contributed by atoms with Gasteiger partial charge in [0.05, 0.1) is 0 Å². The highest BCUT2D eigenvalue weighted by atomic mass is 16.4. The van der Waals surface area contributed by atoms with E-state index in [-0.39, 0.29) is 0 Å². The minimum absolute atomic E-state index is 0.633. The lowest BCUT2D eigenvalue weighted by molar-refractivity contribution is -0.151. The number of nitrogens with zero attached hydrogens (tertiary/aromatic N) is 2. The van der Waals surface area contributed by atoms with Crippen molar-refractivity contribution in [2.75, 3.05) is 31.1 Å². The monoisotopic (exact) mass is 262 g/mol. The van der Waals surface area contributed by atoms with Gasteiger partial charge in [-0.25, -0.2) is 0 Å². The van der Waals surface area contributed by atoms with Crippen LogP contribution in [0.3, 0.4) is 0 Å². The minimum atomic E-state index is -0.733. The number of hydrogen-bond acceptors (Lipinski definition) is 3. The molecule has 0 spiro atoms. The topological polar surface area (TPSA) is 43.8 Å². The summed E-state index contributed by atoms with van der Waals surface area (Å²) in [6.45, 7) is 7.13. The number of para-hydroxylation sites is 1. The zero-order chi connectivity index (χ0) is 13.9. The van der Waals surface area contributed by atoms with Gasteiger partial charge in [0, 0.05) is 31.9 Å². The molecule has 1 aromatic carbocycles. The molecule has 1 atom stereocenters. The van der Waals surface area contributed by atoms with Gasteiger partial charge in [-0.2, -0.15) is 0 Å². The summed E-state index contributed by atoms with van der Waals surface area (Å²) in [6, 6.07) is 10.3. The van der Waals surface area contributed by atoms with E-state index in [9.17, 15) is 9.90 Å². The Morgan fingerprint density at radius 3 is 2.26 bits per heavy atom. The first-order valence-electron chi connectivity index (χ1n) is 6.86. The molecule has 4 nitrogen and oxygen atoms in total. The fourth-order valence-electron chi connectivity index (χ4n) is 2.61. The van der Waals surface area contributed by atoms with Gasteiger partial charge in [-0.05, 0) is 25.5 Å². The van der Waals surface area contributed by atoms with E-state index in [1.165, 1.54) is 5.69 Å². The largest absolute Gasteiger partial charge is 0.480 e. The van der Waals surface area contributed by atoms with Crippen LogP contribution in [0.2, 0.25) is 0 Å². The van der Waals surface area contributed by atoms with Crippen LogP contribution in [-0.2, 0) is 4.79 Å². The van der Waals surface area contributed by atoms with Gasteiger partial charge in [-0.3, -0.25) is 9.69 Å². The summed E-state index contributed by atoms with van der Waals surface area (Å²) in [5.41, 5.74) is 0.485. The van der Waals surface area contributed by atoms with Gasteiger partial charge < -0.3 is 10.0 Å². The molecule has 1 fully saturated rings. The maximum Gasteiger partial charge on any atom is 0.323 e. The number of carboxylic acids is 1. The van der Waals surface area contributed by atoms with Crippen molar-refractivity contribution in [3.8, 4) is 0 Å². The number of carbonyl (C=O) groups is 1. The van der Waals surface area contributed by atoms with Gasteiger partial charge in [-0.15, -0.1) is 0 Å². The number of anilines is 1. The lowest BCUT2D eigenvalue weighted by Gasteiger charge is -2.43. The smallest absolute Gasteiger partial charge is 0.323 e. The summed E-state index contributed by atoms with van der Waals surface area (Å²) in [7, 11) is 0. The summed E-state index contributed by atoms with van der Waals surface area (Å²) in [5, 5.41) is 9.41. The van der Waals surface area contributed by atoms with E-state index in [0.29, 0.717) is 6.42 Å². The molecule has 0 bridgehead atoms. The molecule has 2 rings (SSSR count). The second-order valence-corrected chi connectivity index (χ2v) is 5.24. The van der Waals surface area contributed by atoms with Crippen molar-refractivity contribution in [3.63, 3.8) is 0 Å². The van der Waals surface area contributed by atoms with Crippen molar-refractivity contribution in [3.05, 3.63) is 30.3 Å². The molecular weight excluding hydrogens is 240 g/mol. The van der Waals surface area contributed by atoms with Crippen molar-refractivity contribution in [2.24, 2.45) is 0 Å². The Morgan fingerprint density at radius 1 is 1.21 bits per heavy atom. The zero-order valence-electron chi connectivity index (χ0n) is 11.7. The highest BCUT2D eigenvalue weighted by Gasteiger charge is 2.39. The molecule has 1 unspecified atom stereocenters. The molecule has 0 aliphatic carbocycles. The Balaban J connectivity index is 2.01. The van der Waals surface area contributed by atoms with Gasteiger partial charge in [0.25, 0.3) is 0 Å². The van der Waals surface area contributed by atoms with Crippen molar-refractivity contribution >= 4 is 11.7 Å². The van der Waals surface area contributed by atoms with Crippen LogP contribution in [0.1, 0.15) is 20.3 Å². The molecule has 1 N–H and O–H groups in total. The van der Waals surface area contributed by atoms with Gasteiger partial charge in [-0.1, -0.05) is 25.1 Å². The van der Waals surface area contributed by atoms with E-state index in [1.54, 1.807) is 0 Å². The number of piperazine rings is 1. The first-order chi connectivity index (χ1) is 9.08. The van der Waals surface area contributed by atoms with Crippen molar-refractivity contribution in [1.82, 2.24) is 4.90 Å². The molecule has 1 saturated heterocycles. The normalized spacial score (nSPS) is 20.0. The van der Waals surface area contributed by atoms with Gasteiger partial charge in [0.2, 0.25) is 0 Å². The number of benzene rings is 1. The summed E-state index contributed by atoms with van der Waals surface area (Å²) in [6.07, 6.45) is 0.633. The Labute approximate surface area is 114 Å². The Morgan fingerprint density at radius 2 is 1.79 bits per heavy atom. The van der Waals surface area contributed by atoms with Crippen LogP contribution in [0.15, 0.2) is 30.3 Å². The van der Waals surface area contributed by atoms with Gasteiger partial charge in [0.1, 0.15) is 5.54 Å². The van der Waals surface area contributed by atoms with Crippen molar-refractivity contribution in [1.29, 1.82) is 0 Å². The first-order valence-corrected chi connectivity index (χ1v) is 6.86. The van der Waals surface area contributed by atoms with Crippen molar-refractivity contribution in [2.45, 2.75) is 25.8 Å². The Bertz CT molecular complexity index is 427. The van der Waals surface area contributed by atoms with Crippen molar-refractivity contribution < 1.29 is 9.90 Å². The summed E-state index contributed by atoms with van der Waals surface area (Å²) < 4.78 is 0. The van der Waals surface area contributed by atoms with E-state index in [1.807, 2.05) is 32.0 Å². The second-order valence-electron chi connectivity index (χ2n) is 5.24.